The van der Waals surface area contributed by atoms with Gasteiger partial charge in [-0.1, -0.05) is 82.3 Å². The highest BCUT2D eigenvalue weighted by Gasteiger charge is 2.07. The van der Waals surface area contributed by atoms with Gasteiger partial charge in [0.05, 0.1) is 0 Å². The van der Waals surface area contributed by atoms with Crippen LogP contribution in [-0.4, -0.2) is 75.2 Å². The van der Waals surface area contributed by atoms with Crippen molar-refractivity contribution >= 4 is 45.1 Å². The summed E-state index contributed by atoms with van der Waals surface area (Å²) in [5, 5.41) is 0. The number of anilines is 2. The van der Waals surface area contributed by atoms with Crippen LogP contribution in [0, 0.1) is 0 Å². The lowest BCUT2D eigenvalue weighted by Gasteiger charge is -2.23. The van der Waals surface area contributed by atoms with Crippen molar-refractivity contribution < 1.29 is 0 Å². The number of rotatable bonds is 13. The summed E-state index contributed by atoms with van der Waals surface area (Å²) in [5.74, 6) is 2.20. The molecule has 0 aromatic heterocycles. The number of likely N-dealkylation sites (N-methyl/N-ethyl adjacent to an activating group) is 2. The van der Waals surface area contributed by atoms with Crippen molar-refractivity contribution in [2.75, 3.05) is 69.1 Å². The van der Waals surface area contributed by atoms with Crippen LogP contribution in [0.5, 0.6) is 0 Å². The lowest BCUT2D eigenvalue weighted by Crippen LogP contribution is -2.23. The molecule has 0 radical (unpaired) electrons. The summed E-state index contributed by atoms with van der Waals surface area (Å²) in [6, 6.07) is 18.1. The smallest absolute Gasteiger partial charge is 0.0444 e. The van der Waals surface area contributed by atoms with Crippen LogP contribution in [-0.2, 0) is 0 Å². The number of benzene rings is 2. The first-order valence-electron chi connectivity index (χ1n) is 14.3. The van der Waals surface area contributed by atoms with Crippen LogP contribution in [0.25, 0.3) is 12.2 Å². The molecule has 2 aliphatic rings. The first-order chi connectivity index (χ1) is 19.9. The van der Waals surface area contributed by atoms with Crippen LogP contribution in [0.15, 0.2) is 109 Å². The van der Waals surface area contributed by atoms with Gasteiger partial charge in [-0.25, -0.2) is 0 Å². The topological polar surface area (TPSA) is 13.0 Å². The molecule has 0 amide bonds. The first-order valence-corrected chi connectivity index (χ1v) is 16.8. The molecule has 0 spiro atoms. The van der Waals surface area contributed by atoms with Crippen LogP contribution in [0.4, 0.5) is 11.4 Å². The molecule has 0 bridgehead atoms. The molecule has 0 saturated heterocycles. The monoisotopic (exact) mass is 584 g/mol. The molecule has 0 saturated carbocycles. The van der Waals surface area contributed by atoms with E-state index >= 15 is 0 Å². The van der Waals surface area contributed by atoms with Crippen molar-refractivity contribution in [3.8, 4) is 0 Å². The average molecular weight is 585 g/mol. The van der Waals surface area contributed by atoms with Crippen LogP contribution in [0.1, 0.15) is 18.1 Å². The van der Waals surface area contributed by atoms with Gasteiger partial charge in [-0.2, -0.15) is 0 Å². The highest BCUT2D eigenvalue weighted by molar-refractivity contribution is 8.76. The van der Waals surface area contributed by atoms with Crippen molar-refractivity contribution in [3.63, 3.8) is 0 Å². The van der Waals surface area contributed by atoms with Gasteiger partial charge in [0.1, 0.15) is 0 Å². The molecule has 6 heteroatoms. The standard InChI is InChI=1S/C35H44N4S2/c1-29-28-33(20-23-37(29)3)9-8-31-12-16-35(17-13-31)39(5)25-27-41-40-26-24-38(4)34-14-10-30(11-15-34)6-7-32-18-21-36(2)22-19-32/h6-21,23,28-29H,22,24-27H2,1-5H3/b7-6+,9-8+. The molecule has 4 rings (SSSR count). The molecule has 216 valence electrons. The van der Waals surface area contributed by atoms with E-state index in [1.807, 2.05) is 21.6 Å². The Morgan fingerprint density at radius 1 is 0.732 bits per heavy atom. The van der Waals surface area contributed by atoms with Gasteiger partial charge in [0.25, 0.3) is 0 Å². The van der Waals surface area contributed by atoms with Gasteiger partial charge in [-0.05, 0) is 78.0 Å². The van der Waals surface area contributed by atoms with Crippen molar-refractivity contribution in [3.05, 3.63) is 120 Å². The normalized spacial score (nSPS) is 17.0. The second-order valence-electron chi connectivity index (χ2n) is 10.7. The fraction of sp³-hybridized carbons (Fsp3) is 0.314. The van der Waals surface area contributed by atoms with Crippen molar-refractivity contribution in [1.29, 1.82) is 0 Å². The molecule has 2 aromatic carbocycles. The van der Waals surface area contributed by atoms with Gasteiger partial charge < -0.3 is 19.6 Å². The number of hydrogen-bond donors (Lipinski definition) is 0. The van der Waals surface area contributed by atoms with Gasteiger partial charge in [-0.15, -0.1) is 0 Å². The Hall–Kier alpha value is -3.22. The zero-order chi connectivity index (χ0) is 29.0. The SMILES string of the molecule is CC1C=C(/C=C/c2ccc(N(C)CCSSCCN(C)c3ccc(/C=C/C4=CCN(C)C=C4)cc3)cc2)C=CN1C. The highest BCUT2D eigenvalue weighted by Crippen LogP contribution is 2.24. The van der Waals surface area contributed by atoms with Crippen molar-refractivity contribution in [2.24, 2.45) is 0 Å². The quantitative estimate of drug-likeness (QED) is 0.175. The van der Waals surface area contributed by atoms with Gasteiger partial charge in [-0.3, -0.25) is 0 Å². The minimum Gasteiger partial charge on any atom is -0.377 e. The van der Waals surface area contributed by atoms with E-state index in [-0.39, 0.29) is 0 Å². The lowest BCUT2D eigenvalue weighted by atomic mass is 10.1. The fourth-order valence-electron chi connectivity index (χ4n) is 4.41. The third-order valence-corrected chi connectivity index (χ3v) is 9.79. The Kier molecular flexibility index (Phi) is 11.8. The largest absolute Gasteiger partial charge is 0.377 e. The van der Waals surface area contributed by atoms with Crippen LogP contribution in [0.3, 0.4) is 0 Å². The Morgan fingerprint density at radius 2 is 1.24 bits per heavy atom. The zero-order valence-electron chi connectivity index (χ0n) is 25.1. The molecule has 41 heavy (non-hydrogen) atoms. The van der Waals surface area contributed by atoms with E-state index < -0.39 is 0 Å². The van der Waals surface area contributed by atoms with Crippen molar-refractivity contribution in [1.82, 2.24) is 9.80 Å². The van der Waals surface area contributed by atoms with E-state index in [0.717, 1.165) is 31.1 Å². The molecular weight excluding hydrogens is 541 g/mol. The van der Waals surface area contributed by atoms with Gasteiger partial charge >= 0.3 is 0 Å². The molecule has 1 atom stereocenters. The average Bonchev–Trinajstić information content (AvgIpc) is 2.99. The second kappa shape index (κ2) is 15.7. The fourth-order valence-corrected chi connectivity index (χ4v) is 6.49. The van der Waals surface area contributed by atoms with Gasteiger partial charge in [0.15, 0.2) is 0 Å². The number of allylic oxidation sites excluding steroid dienone is 6. The number of nitrogens with zero attached hydrogens (tertiary/aromatic N) is 4. The lowest BCUT2D eigenvalue weighted by molar-refractivity contribution is 0.401. The summed E-state index contributed by atoms with van der Waals surface area (Å²) in [6.07, 6.45) is 21.9. The third-order valence-electron chi connectivity index (χ3n) is 7.42. The van der Waals surface area contributed by atoms with E-state index in [9.17, 15) is 0 Å². The summed E-state index contributed by atoms with van der Waals surface area (Å²) in [4.78, 5) is 9.06. The van der Waals surface area contributed by atoms with E-state index in [1.165, 1.54) is 33.6 Å². The van der Waals surface area contributed by atoms with Gasteiger partial charge in [0, 0.05) is 76.7 Å². The summed E-state index contributed by atoms with van der Waals surface area (Å²) in [5.41, 5.74) is 7.51. The third kappa shape index (κ3) is 9.98. The minimum atomic E-state index is 0.434. The summed E-state index contributed by atoms with van der Waals surface area (Å²) in [6.45, 7) is 5.24. The minimum absolute atomic E-state index is 0.434. The molecule has 2 heterocycles. The Bertz CT molecular complexity index is 1290. The van der Waals surface area contributed by atoms with E-state index in [0.29, 0.717) is 6.04 Å². The predicted molar refractivity (Wildman–Crippen MR) is 187 cm³/mol. The molecule has 2 aliphatic heterocycles. The summed E-state index contributed by atoms with van der Waals surface area (Å²) < 4.78 is 0. The molecule has 0 N–H and O–H groups in total. The maximum absolute atomic E-state index is 2.34. The molecule has 0 fully saturated rings. The molecule has 0 aliphatic carbocycles. The number of hydrogen-bond acceptors (Lipinski definition) is 6. The predicted octanol–water partition coefficient (Wildman–Crippen LogP) is 7.83. The Labute approximate surface area is 255 Å². The van der Waals surface area contributed by atoms with Crippen LogP contribution < -0.4 is 9.80 Å². The summed E-state index contributed by atoms with van der Waals surface area (Å²) in [7, 11) is 12.5. The Morgan fingerprint density at radius 3 is 1.73 bits per heavy atom. The highest BCUT2D eigenvalue weighted by atomic mass is 33.1. The molecular formula is C35H44N4S2. The summed E-state index contributed by atoms with van der Waals surface area (Å²) >= 11 is 0. The second-order valence-corrected chi connectivity index (χ2v) is 13.4. The first kappa shape index (κ1) is 30.7. The van der Waals surface area contributed by atoms with Crippen LogP contribution >= 0.6 is 21.6 Å². The Balaban J connectivity index is 1.11. The van der Waals surface area contributed by atoms with E-state index in [4.69, 9.17) is 0 Å². The maximum Gasteiger partial charge on any atom is 0.0444 e. The molecule has 4 nitrogen and oxygen atoms in total. The zero-order valence-corrected chi connectivity index (χ0v) is 26.7. The van der Waals surface area contributed by atoms with Gasteiger partial charge in [0.2, 0.25) is 0 Å². The molecule has 1 unspecified atom stereocenters. The van der Waals surface area contributed by atoms with Crippen molar-refractivity contribution in [2.45, 2.75) is 13.0 Å². The molecule has 2 aromatic rings. The maximum atomic E-state index is 2.34. The van der Waals surface area contributed by atoms with E-state index in [2.05, 4.69) is 164 Å². The van der Waals surface area contributed by atoms with E-state index in [1.54, 1.807) is 0 Å². The van der Waals surface area contributed by atoms with Crippen LogP contribution in [0.2, 0.25) is 0 Å².